The molecule has 5 nitrogen and oxygen atoms in total. The lowest BCUT2D eigenvalue weighted by molar-refractivity contribution is 0.0694. The zero-order valence-electron chi connectivity index (χ0n) is 11.8. The number of para-hydroxylation sites is 1. The third kappa shape index (κ3) is 3.18. The Bertz CT molecular complexity index is 591. The Hall–Kier alpha value is -1.85. The Morgan fingerprint density at radius 3 is 2.85 bits per heavy atom. The summed E-state index contributed by atoms with van der Waals surface area (Å²) >= 11 is 0. The van der Waals surface area contributed by atoms with E-state index in [0.29, 0.717) is 29.9 Å². The van der Waals surface area contributed by atoms with Crippen molar-refractivity contribution in [2.24, 2.45) is 0 Å². The maximum atomic E-state index is 11.4. The molecule has 0 fully saturated rings. The fourth-order valence-corrected chi connectivity index (χ4v) is 2.24. The Morgan fingerprint density at radius 2 is 2.15 bits per heavy atom. The third-order valence-electron chi connectivity index (χ3n) is 3.18. The van der Waals surface area contributed by atoms with Gasteiger partial charge in [-0.1, -0.05) is 18.2 Å². The van der Waals surface area contributed by atoms with Crippen LogP contribution in [0.4, 0.5) is 0 Å². The van der Waals surface area contributed by atoms with Crippen molar-refractivity contribution >= 4 is 16.9 Å². The molecule has 5 heteroatoms. The molecule has 2 rings (SSSR count). The molecule has 0 amide bonds. The van der Waals surface area contributed by atoms with Gasteiger partial charge in [-0.2, -0.15) is 0 Å². The van der Waals surface area contributed by atoms with E-state index in [-0.39, 0.29) is 5.56 Å². The van der Waals surface area contributed by atoms with Gasteiger partial charge in [0.15, 0.2) is 0 Å². The van der Waals surface area contributed by atoms with Gasteiger partial charge in [-0.3, -0.25) is 4.90 Å². The fraction of sp³-hybridized carbons (Fsp3) is 0.400. The number of carbonyl (C=O) groups is 1. The molecular formula is C15H19NO4. The van der Waals surface area contributed by atoms with E-state index in [0.717, 1.165) is 13.0 Å². The topological polar surface area (TPSA) is 62.9 Å². The van der Waals surface area contributed by atoms with Gasteiger partial charge >= 0.3 is 5.97 Å². The Kier molecular flexibility index (Phi) is 4.76. The average Bonchev–Trinajstić information content (AvgIpc) is 2.76. The van der Waals surface area contributed by atoms with Crippen LogP contribution in [0, 0.1) is 0 Å². The van der Waals surface area contributed by atoms with Gasteiger partial charge in [0.1, 0.15) is 16.9 Å². The van der Waals surface area contributed by atoms with Crippen molar-refractivity contribution in [3.8, 4) is 0 Å². The summed E-state index contributed by atoms with van der Waals surface area (Å²) in [6, 6.07) is 7.22. The van der Waals surface area contributed by atoms with Gasteiger partial charge in [0.2, 0.25) is 0 Å². The first-order chi connectivity index (χ1) is 9.63. The lowest BCUT2D eigenvalue weighted by Gasteiger charge is -2.14. The second-order valence-electron chi connectivity index (χ2n) is 4.79. The first-order valence-electron chi connectivity index (χ1n) is 6.54. The first kappa shape index (κ1) is 14.6. The van der Waals surface area contributed by atoms with Gasteiger partial charge in [0.25, 0.3) is 0 Å². The van der Waals surface area contributed by atoms with Crippen LogP contribution in [-0.4, -0.2) is 43.3 Å². The molecule has 1 aromatic carbocycles. The van der Waals surface area contributed by atoms with Crippen molar-refractivity contribution in [2.45, 2.75) is 13.0 Å². The zero-order chi connectivity index (χ0) is 14.5. The van der Waals surface area contributed by atoms with Gasteiger partial charge in [0, 0.05) is 25.6 Å². The summed E-state index contributed by atoms with van der Waals surface area (Å²) in [5, 5.41) is 10.0. The van der Waals surface area contributed by atoms with Crippen molar-refractivity contribution in [3.63, 3.8) is 0 Å². The molecular weight excluding hydrogens is 258 g/mol. The molecule has 0 aliphatic rings. The number of benzene rings is 1. The summed E-state index contributed by atoms with van der Waals surface area (Å²) in [4.78, 5) is 13.5. The minimum atomic E-state index is -0.949. The zero-order valence-corrected chi connectivity index (χ0v) is 11.8. The lowest BCUT2D eigenvalue weighted by Crippen LogP contribution is -2.21. The molecule has 108 valence electrons. The summed E-state index contributed by atoms with van der Waals surface area (Å²) in [6.45, 7) is 1.99. The molecule has 0 aliphatic heterocycles. The monoisotopic (exact) mass is 277 g/mol. The smallest absolute Gasteiger partial charge is 0.339 e. The summed E-state index contributed by atoms with van der Waals surface area (Å²) < 4.78 is 10.7. The molecule has 1 N–H and O–H groups in total. The molecule has 2 aromatic rings. The number of hydrogen-bond donors (Lipinski definition) is 1. The van der Waals surface area contributed by atoms with E-state index >= 15 is 0 Å². The SMILES string of the molecule is COCCCN(C)Cc1oc2ccccc2c1C(=O)O. The fourth-order valence-electron chi connectivity index (χ4n) is 2.24. The maximum Gasteiger partial charge on any atom is 0.339 e. The minimum absolute atomic E-state index is 0.263. The van der Waals surface area contributed by atoms with Crippen LogP contribution in [0.15, 0.2) is 28.7 Å². The molecule has 0 spiro atoms. The van der Waals surface area contributed by atoms with Crippen molar-refractivity contribution in [3.05, 3.63) is 35.6 Å². The van der Waals surface area contributed by atoms with Crippen molar-refractivity contribution in [1.82, 2.24) is 4.90 Å². The molecule has 0 saturated carbocycles. The number of nitrogens with zero attached hydrogens (tertiary/aromatic N) is 1. The highest BCUT2D eigenvalue weighted by atomic mass is 16.5. The number of carboxylic acid groups (broad SMARTS) is 1. The van der Waals surface area contributed by atoms with Crippen LogP contribution in [0.1, 0.15) is 22.5 Å². The molecule has 20 heavy (non-hydrogen) atoms. The highest BCUT2D eigenvalue weighted by molar-refractivity contribution is 6.03. The Morgan fingerprint density at radius 1 is 1.40 bits per heavy atom. The standard InChI is InChI=1S/C15H19NO4/c1-16(8-5-9-19-2)10-13-14(15(17)18)11-6-3-4-7-12(11)20-13/h3-4,6-7H,5,8-10H2,1-2H3,(H,17,18). The van der Waals surface area contributed by atoms with Crippen LogP contribution in [0.25, 0.3) is 11.0 Å². The van der Waals surface area contributed by atoms with Crippen LogP contribution in [-0.2, 0) is 11.3 Å². The van der Waals surface area contributed by atoms with Gasteiger partial charge in [-0.25, -0.2) is 4.79 Å². The number of carboxylic acids is 1. The molecule has 0 aliphatic carbocycles. The number of methoxy groups -OCH3 is 1. The van der Waals surface area contributed by atoms with E-state index in [1.165, 1.54) is 0 Å². The summed E-state index contributed by atoms with van der Waals surface area (Å²) in [5.41, 5.74) is 0.879. The Balaban J connectivity index is 2.20. The van der Waals surface area contributed by atoms with Crippen molar-refractivity contribution < 1.29 is 19.1 Å². The third-order valence-corrected chi connectivity index (χ3v) is 3.18. The van der Waals surface area contributed by atoms with Gasteiger partial charge in [-0.15, -0.1) is 0 Å². The predicted molar refractivity (Wildman–Crippen MR) is 76.0 cm³/mol. The molecule has 0 atom stereocenters. The second kappa shape index (κ2) is 6.54. The number of aromatic carboxylic acids is 1. The molecule has 0 saturated heterocycles. The molecule has 0 radical (unpaired) electrons. The average molecular weight is 277 g/mol. The van der Waals surface area contributed by atoms with Crippen LogP contribution in [0.3, 0.4) is 0 Å². The summed E-state index contributed by atoms with van der Waals surface area (Å²) in [5.74, 6) is -0.450. The van der Waals surface area contributed by atoms with Crippen LogP contribution >= 0.6 is 0 Å². The number of ether oxygens (including phenoxy) is 1. The van der Waals surface area contributed by atoms with E-state index in [1.807, 2.05) is 24.1 Å². The second-order valence-corrected chi connectivity index (χ2v) is 4.79. The normalized spacial score (nSPS) is 11.3. The molecule has 1 heterocycles. The lowest BCUT2D eigenvalue weighted by atomic mass is 10.1. The quantitative estimate of drug-likeness (QED) is 0.788. The molecule has 0 bridgehead atoms. The predicted octanol–water partition coefficient (Wildman–Crippen LogP) is 2.60. The van der Waals surface area contributed by atoms with E-state index in [4.69, 9.17) is 9.15 Å². The van der Waals surface area contributed by atoms with E-state index in [9.17, 15) is 9.90 Å². The number of hydrogen-bond acceptors (Lipinski definition) is 4. The van der Waals surface area contributed by atoms with Crippen LogP contribution < -0.4 is 0 Å². The minimum Gasteiger partial charge on any atom is -0.478 e. The summed E-state index contributed by atoms with van der Waals surface area (Å²) in [6.07, 6.45) is 0.898. The summed E-state index contributed by atoms with van der Waals surface area (Å²) in [7, 11) is 3.61. The van der Waals surface area contributed by atoms with Crippen molar-refractivity contribution in [2.75, 3.05) is 27.3 Å². The number of furan rings is 1. The first-order valence-corrected chi connectivity index (χ1v) is 6.54. The van der Waals surface area contributed by atoms with Gasteiger partial charge in [0.05, 0.1) is 6.54 Å². The van der Waals surface area contributed by atoms with E-state index < -0.39 is 5.97 Å². The molecule has 1 aromatic heterocycles. The Labute approximate surface area is 117 Å². The molecule has 0 unspecified atom stereocenters. The van der Waals surface area contributed by atoms with Crippen LogP contribution in [0.5, 0.6) is 0 Å². The van der Waals surface area contributed by atoms with Crippen LogP contribution in [0.2, 0.25) is 0 Å². The number of fused-ring (bicyclic) bond motifs is 1. The number of rotatable bonds is 7. The largest absolute Gasteiger partial charge is 0.478 e. The maximum absolute atomic E-state index is 11.4. The highest BCUT2D eigenvalue weighted by Gasteiger charge is 2.20. The highest BCUT2D eigenvalue weighted by Crippen LogP contribution is 2.26. The van der Waals surface area contributed by atoms with Gasteiger partial charge < -0.3 is 14.3 Å². The van der Waals surface area contributed by atoms with E-state index in [1.54, 1.807) is 19.2 Å². The van der Waals surface area contributed by atoms with Gasteiger partial charge in [-0.05, 0) is 19.5 Å². The van der Waals surface area contributed by atoms with E-state index in [2.05, 4.69) is 0 Å². The van der Waals surface area contributed by atoms with Crippen molar-refractivity contribution in [1.29, 1.82) is 0 Å².